The van der Waals surface area contributed by atoms with Crippen LogP contribution in [-0.4, -0.2) is 0 Å². The van der Waals surface area contributed by atoms with Crippen molar-refractivity contribution < 1.29 is 0 Å². The maximum absolute atomic E-state index is 9.03. The summed E-state index contributed by atoms with van der Waals surface area (Å²) in [5, 5.41) is 18.1. The first-order chi connectivity index (χ1) is 12.8. The number of hydrogen-bond acceptors (Lipinski definition) is 3. The zero-order chi connectivity index (χ0) is 18.8. The smallest absolute Gasteiger partial charge is 0.158 e. The van der Waals surface area contributed by atoms with E-state index in [9.17, 15) is 0 Å². The van der Waals surface area contributed by atoms with Crippen LogP contribution in [0, 0.1) is 22.7 Å². The van der Waals surface area contributed by atoms with E-state index in [4.69, 9.17) is 10.5 Å². The van der Waals surface area contributed by atoms with Crippen molar-refractivity contribution >= 4 is 17.1 Å². The molecule has 3 rings (SSSR count). The molecule has 0 heterocycles. The van der Waals surface area contributed by atoms with Gasteiger partial charge in [0.05, 0.1) is 12.1 Å². The van der Waals surface area contributed by atoms with E-state index in [2.05, 4.69) is 4.90 Å². The Morgan fingerprint density at radius 1 is 0.615 bits per heavy atom. The number of anilines is 3. The maximum Gasteiger partial charge on any atom is 0.158 e. The van der Waals surface area contributed by atoms with Crippen LogP contribution in [0.1, 0.15) is 25.3 Å². The van der Waals surface area contributed by atoms with Crippen LogP contribution >= 0.6 is 0 Å². The molecule has 0 aliphatic carbocycles. The van der Waals surface area contributed by atoms with Crippen LogP contribution in [0.5, 0.6) is 0 Å². The fourth-order valence-corrected chi connectivity index (χ4v) is 2.60. The Morgan fingerprint density at radius 2 is 1.00 bits per heavy atom. The Labute approximate surface area is 155 Å². The van der Waals surface area contributed by atoms with Crippen molar-refractivity contribution in [3.05, 3.63) is 90.5 Å². The number of para-hydroxylation sites is 2. The zero-order valence-electron chi connectivity index (χ0n) is 15.0. The predicted molar refractivity (Wildman–Crippen MR) is 106 cm³/mol. The summed E-state index contributed by atoms with van der Waals surface area (Å²) in [4.78, 5) is 2.14. The molecule has 3 nitrogen and oxygen atoms in total. The lowest BCUT2D eigenvalue weighted by Crippen LogP contribution is -2.09. The molecule has 0 unspecified atom stereocenters. The van der Waals surface area contributed by atoms with E-state index < -0.39 is 5.92 Å². The van der Waals surface area contributed by atoms with E-state index in [1.165, 1.54) is 0 Å². The quantitative estimate of drug-likeness (QED) is 0.559. The number of rotatable bonds is 4. The van der Waals surface area contributed by atoms with Gasteiger partial charge in [-0.3, -0.25) is 0 Å². The fraction of sp³-hybridized carbons (Fsp3) is 0.130. The number of nitrogens with zero attached hydrogens (tertiary/aromatic N) is 3. The number of benzene rings is 3. The number of hydrogen-bond donors (Lipinski definition) is 0. The van der Waals surface area contributed by atoms with Gasteiger partial charge in [0.2, 0.25) is 0 Å². The molecule has 0 spiro atoms. The number of nitriles is 2. The van der Waals surface area contributed by atoms with E-state index in [-0.39, 0.29) is 0 Å². The molecule has 0 saturated heterocycles. The van der Waals surface area contributed by atoms with Crippen molar-refractivity contribution in [3.8, 4) is 12.1 Å². The topological polar surface area (TPSA) is 50.8 Å². The van der Waals surface area contributed by atoms with Gasteiger partial charge in [-0.1, -0.05) is 62.4 Å². The molecule has 3 aromatic carbocycles. The molecular weight excluding hydrogens is 318 g/mol. The van der Waals surface area contributed by atoms with Gasteiger partial charge in [0, 0.05) is 17.1 Å². The highest BCUT2D eigenvalue weighted by molar-refractivity contribution is 5.76. The minimum atomic E-state index is -0.735. The van der Waals surface area contributed by atoms with Crippen molar-refractivity contribution in [2.75, 3.05) is 4.90 Å². The summed E-state index contributed by atoms with van der Waals surface area (Å²) in [6.45, 7) is 4.00. The van der Waals surface area contributed by atoms with E-state index in [0.29, 0.717) is 5.56 Å². The SMILES string of the molecule is CC.N#CC(C#N)c1ccc(N(c2ccccc2)c2ccccc2)cc1. The first kappa shape index (κ1) is 18.8. The van der Waals surface area contributed by atoms with E-state index in [1.54, 1.807) is 0 Å². The van der Waals surface area contributed by atoms with Crippen LogP contribution in [0.25, 0.3) is 0 Å². The Bertz CT molecular complexity index is 819. The molecule has 0 atom stereocenters. The van der Waals surface area contributed by atoms with Gasteiger partial charge in [0.1, 0.15) is 0 Å². The lowest BCUT2D eigenvalue weighted by molar-refractivity contribution is 1.10. The van der Waals surface area contributed by atoms with Gasteiger partial charge in [0.15, 0.2) is 5.92 Å². The molecule has 0 N–H and O–H groups in total. The van der Waals surface area contributed by atoms with Gasteiger partial charge < -0.3 is 4.90 Å². The second-order valence-electron chi connectivity index (χ2n) is 5.29. The second kappa shape index (κ2) is 9.67. The largest absolute Gasteiger partial charge is 0.311 e. The molecule has 3 aromatic rings. The van der Waals surface area contributed by atoms with Gasteiger partial charge in [-0.25, -0.2) is 0 Å². The van der Waals surface area contributed by atoms with Crippen molar-refractivity contribution in [1.29, 1.82) is 10.5 Å². The molecule has 0 amide bonds. The molecule has 0 saturated carbocycles. The summed E-state index contributed by atoms with van der Waals surface area (Å²) in [7, 11) is 0. The molecular formula is C23H21N3. The van der Waals surface area contributed by atoms with Crippen molar-refractivity contribution in [3.63, 3.8) is 0 Å². The maximum atomic E-state index is 9.03. The normalized spacial score (nSPS) is 9.42. The Kier molecular flexibility index (Phi) is 6.98. The lowest BCUT2D eigenvalue weighted by Gasteiger charge is -2.25. The third-order valence-corrected chi connectivity index (χ3v) is 3.77. The first-order valence-electron chi connectivity index (χ1n) is 8.63. The summed E-state index contributed by atoms with van der Waals surface area (Å²) >= 11 is 0. The Morgan fingerprint density at radius 3 is 1.38 bits per heavy atom. The molecule has 3 heteroatoms. The van der Waals surface area contributed by atoms with Crippen LogP contribution in [0.2, 0.25) is 0 Å². The molecule has 0 radical (unpaired) electrons. The Hall–Kier alpha value is -3.56. The van der Waals surface area contributed by atoms with E-state index in [0.717, 1.165) is 17.1 Å². The zero-order valence-corrected chi connectivity index (χ0v) is 15.0. The third-order valence-electron chi connectivity index (χ3n) is 3.77. The van der Waals surface area contributed by atoms with Gasteiger partial charge in [0.25, 0.3) is 0 Å². The molecule has 0 aliphatic rings. The molecule has 26 heavy (non-hydrogen) atoms. The van der Waals surface area contributed by atoms with Crippen molar-refractivity contribution in [2.45, 2.75) is 19.8 Å². The summed E-state index contributed by atoms with van der Waals surface area (Å²) < 4.78 is 0. The van der Waals surface area contributed by atoms with Gasteiger partial charge >= 0.3 is 0 Å². The third kappa shape index (κ3) is 4.29. The minimum Gasteiger partial charge on any atom is -0.311 e. The van der Waals surface area contributed by atoms with Crippen LogP contribution in [-0.2, 0) is 0 Å². The Balaban J connectivity index is 0.00000117. The van der Waals surface area contributed by atoms with Crippen LogP contribution in [0.3, 0.4) is 0 Å². The van der Waals surface area contributed by atoms with Gasteiger partial charge in [-0.05, 0) is 42.0 Å². The minimum absolute atomic E-state index is 0.713. The lowest BCUT2D eigenvalue weighted by atomic mass is 10.0. The van der Waals surface area contributed by atoms with Gasteiger partial charge in [-0.2, -0.15) is 10.5 Å². The monoisotopic (exact) mass is 339 g/mol. The highest BCUT2D eigenvalue weighted by Crippen LogP contribution is 2.34. The molecule has 0 aromatic heterocycles. The molecule has 0 fully saturated rings. The van der Waals surface area contributed by atoms with Crippen LogP contribution < -0.4 is 4.90 Å². The second-order valence-corrected chi connectivity index (χ2v) is 5.29. The summed E-state index contributed by atoms with van der Waals surface area (Å²) in [5.41, 5.74) is 3.79. The van der Waals surface area contributed by atoms with Crippen molar-refractivity contribution in [1.82, 2.24) is 0 Å². The first-order valence-corrected chi connectivity index (χ1v) is 8.63. The van der Waals surface area contributed by atoms with Crippen molar-refractivity contribution in [2.24, 2.45) is 0 Å². The van der Waals surface area contributed by atoms with Crippen LogP contribution in [0.4, 0.5) is 17.1 Å². The summed E-state index contributed by atoms with van der Waals surface area (Å²) in [5.74, 6) is -0.735. The highest BCUT2D eigenvalue weighted by Gasteiger charge is 2.13. The summed E-state index contributed by atoms with van der Waals surface area (Å²) in [6.07, 6.45) is 0. The molecule has 0 bridgehead atoms. The average Bonchev–Trinajstić information content (AvgIpc) is 2.73. The molecule has 0 aliphatic heterocycles. The van der Waals surface area contributed by atoms with Crippen LogP contribution in [0.15, 0.2) is 84.9 Å². The summed E-state index contributed by atoms with van der Waals surface area (Å²) in [6, 6.07) is 31.7. The standard InChI is InChI=1S/C21H15N3.C2H6/c22-15-18(16-23)17-11-13-21(14-12-17)24(19-7-3-1-4-8-19)20-9-5-2-6-10-20;1-2/h1-14,18H;1-2H3. The van der Waals surface area contributed by atoms with Gasteiger partial charge in [-0.15, -0.1) is 0 Å². The van der Waals surface area contributed by atoms with E-state index in [1.807, 2.05) is 111 Å². The van der Waals surface area contributed by atoms with E-state index >= 15 is 0 Å². The average molecular weight is 339 g/mol. The highest BCUT2D eigenvalue weighted by atomic mass is 15.1. The predicted octanol–water partition coefficient (Wildman–Crippen LogP) is 6.31. The molecule has 128 valence electrons. The fourth-order valence-electron chi connectivity index (χ4n) is 2.60.